The molecular formula is C10H14N2O4S. The van der Waals surface area contributed by atoms with Gasteiger partial charge in [0.2, 0.25) is 11.8 Å². The van der Waals surface area contributed by atoms with Crippen LogP contribution in [0.4, 0.5) is 0 Å². The quantitative estimate of drug-likeness (QED) is 0.436. The maximum absolute atomic E-state index is 11.6. The van der Waals surface area contributed by atoms with Crippen LogP contribution in [0.3, 0.4) is 0 Å². The number of amides is 2. The number of rotatable bonds is 8. The summed E-state index contributed by atoms with van der Waals surface area (Å²) in [5.41, 5.74) is 4.92. The Labute approximate surface area is 104 Å². The minimum atomic E-state index is -1.11. The van der Waals surface area contributed by atoms with Crippen LogP contribution in [0.5, 0.6) is 0 Å². The number of hydrogen-bond donors (Lipinski definition) is 2. The number of carbonyl (C=O) groups is 3. The molecule has 0 radical (unpaired) electrons. The molecule has 0 saturated heterocycles. The Hall–Kier alpha value is -1.68. The average Bonchev–Trinajstić information content (AvgIpc) is 2.22. The van der Waals surface area contributed by atoms with E-state index in [0.717, 1.165) is 4.90 Å². The second-order valence-corrected chi connectivity index (χ2v) is 4.22. The summed E-state index contributed by atoms with van der Waals surface area (Å²) in [7, 11) is 0. The zero-order valence-electron chi connectivity index (χ0n) is 9.22. The normalized spacial score (nSPS) is 9.35. The first-order chi connectivity index (χ1) is 7.97. The molecule has 0 aliphatic carbocycles. The Balaban J connectivity index is 4.02. The van der Waals surface area contributed by atoms with Gasteiger partial charge in [0.15, 0.2) is 0 Å². The Morgan fingerprint density at radius 3 is 2.53 bits per heavy atom. The summed E-state index contributed by atoms with van der Waals surface area (Å²) >= 11 is 1.22. The van der Waals surface area contributed by atoms with Crippen molar-refractivity contribution in [3.8, 4) is 12.3 Å². The van der Waals surface area contributed by atoms with Crippen LogP contribution in [0.15, 0.2) is 0 Å². The summed E-state index contributed by atoms with van der Waals surface area (Å²) in [6.07, 6.45) is 5.17. The van der Waals surface area contributed by atoms with Gasteiger partial charge in [0.05, 0.1) is 12.3 Å². The lowest BCUT2D eigenvalue weighted by molar-refractivity contribution is -0.143. The molecule has 0 fully saturated rings. The highest BCUT2D eigenvalue weighted by Gasteiger charge is 2.15. The number of carboxylic acid groups (broad SMARTS) is 1. The Bertz CT molecular complexity index is 338. The van der Waals surface area contributed by atoms with Crippen molar-refractivity contribution < 1.29 is 19.5 Å². The van der Waals surface area contributed by atoms with E-state index in [0.29, 0.717) is 5.75 Å². The first-order valence-electron chi connectivity index (χ1n) is 4.76. The summed E-state index contributed by atoms with van der Waals surface area (Å²) in [5, 5.41) is 8.57. The molecule has 0 bridgehead atoms. The highest BCUT2D eigenvalue weighted by atomic mass is 32.2. The van der Waals surface area contributed by atoms with E-state index in [2.05, 4.69) is 5.92 Å². The molecule has 0 spiro atoms. The van der Waals surface area contributed by atoms with Crippen LogP contribution in [0, 0.1) is 12.3 Å². The van der Waals surface area contributed by atoms with Crippen molar-refractivity contribution >= 4 is 29.5 Å². The molecule has 7 heteroatoms. The number of nitrogens with two attached hydrogens (primary N) is 1. The number of hydrogen-bond acceptors (Lipinski definition) is 4. The van der Waals surface area contributed by atoms with Gasteiger partial charge in [-0.1, -0.05) is 5.92 Å². The van der Waals surface area contributed by atoms with Crippen molar-refractivity contribution in [3.05, 3.63) is 0 Å². The maximum Gasteiger partial charge on any atom is 0.323 e. The molecule has 6 nitrogen and oxygen atoms in total. The fourth-order valence-electron chi connectivity index (χ4n) is 0.996. The first kappa shape index (κ1) is 15.3. The lowest BCUT2D eigenvalue weighted by Crippen LogP contribution is -2.36. The minimum Gasteiger partial charge on any atom is -0.480 e. The summed E-state index contributed by atoms with van der Waals surface area (Å²) in [4.78, 5) is 33.5. The smallest absolute Gasteiger partial charge is 0.323 e. The van der Waals surface area contributed by atoms with E-state index < -0.39 is 18.4 Å². The predicted octanol–water partition coefficient (Wildman–Crippen LogP) is -0.859. The van der Waals surface area contributed by atoms with Crippen molar-refractivity contribution in [2.75, 3.05) is 24.6 Å². The lowest BCUT2D eigenvalue weighted by atomic mass is 10.3. The molecule has 17 heavy (non-hydrogen) atoms. The van der Waals surface area contributed by atoms with Crippen LogP contribution in [-0.4, -0.2) is 52.4 Å². The average molecular weight is 258 g/mol. The van der Waals surface area contributed by atoms with E-state index in [1.54, 1.807) is 0 Å². The standard InChI is InChI=1S/C10H14N2O4S/c1-2-4-12(6-10(15)16)9(14)3-5-17-7-8(11)13/h1H,3-7H2,(H2,11,13)(H,15,16). The van der Waals surface area contributed by atoms with Crippen LogP contribution in [0.2, 0.25) is 0 Å². The highest BCUT2D eigenvalue weighted by Crippen LogP contribution is 2.04. The molecular weight excluding hydrogens is 244 g/mol. The third-order valence-corrected chi connectivity index (χ3v) is 2.65. The maximum atomic E-state index is 11.6. The number of aliphatic carboxylic acids is 1. The van der Waals surface area contributed by atoms with Crippen LogP contribution in [0.25, 0.3) is 0 Å². The highest BCUT2D eigenvalue weighted by molar-refractivity contribution is 7.99. The van der Waals surface area contributed by atoms with E-state index in [1.165, 1.54) is 11.8 Å². The second kappa shape index (κ2) is 8.47. The Kier molecular flexibility index (Phi) is 7.63. The SMILES string of the molecule is C#CCN(CC(=O)O)C(=O)CCSCC(N)=O. The number of primary amides is 1. The summed E-state index contributed by atoms with van der Waals surface area (Å²) in [6.45, 7) is -0.449. The summed E-state index contributed by atoms with van der Waals surface area (Å²) in [5.74, 6) is 0.861. The van der Waals surface area contributed by atoms with E-state index in [1.807, 2.05) is 0 Å². The number of nitrogens with zero attached hydrogens (tertiary/aromatic N) is 1. The zero-order chi connectivity index (χ0) is 13.3. The van der Waals surface area contributed by atoms with Gasteiger partial charge in [-0.05, 0) is 0 Å². The van der Waals surface area contributed by atoms with Crippen LogP contribution < -0.4 is 5.73 Å². The van der Waals surface area contributed by atoms with Gasteiger partial charge in [0, 0.05) is 12.2 Å². The number of carbonyl (C=O) groups excluding carboxylic acids is 2. The third-order valence-electron chi connectivity index (χ3n) is 1.67. The Morgan fingerprint density at radius 2 is 2.06 bits per heavy atom. The van der Waals surface area contributed by atoms with Gasteiger partial charge in [-0.15, -0.1) is 6.42 Å². The van der Waals surface area contributed by atoms with Crippen molar-refractivity contribution in [3.63, 3.8) is 0 Å². The first-order valence-corrected chi connectivity index (χ1v) is 5.92. The molecule has 0 aromatic rings. The van der Waals surface area contributed by atoms with Gasteiger partial charge in [-0.2, -0.15) is 11.8 Å². The van der Waals surface area contributed by atoms with E-state index in [4.69, 9.17) is 17.3 Å². The van der Waals surface area contributed by atoms with Crippen molar-refractivity contribution in [1.29, 1.82) is 0 Å². The molecule has 3 N–H and O–H groups in total. The summed E-state index contributed by atoms with van der Waals surface area (Å²) in [6, 6.07) is 0. The van der Waals surface area contributed by atoms with Crippen LogP contribution in [-0.2, 0) is 14.4 Å². The monoisotopic (exact) mass is 258 g/mol. The van der Waals surface area contributed by atoms with Crippen molar-refractivity contribution in [2.24, 2.45) is 5.73 Å². The van der Waals surface area contributed by atoms with Crippen molar-refractivity contribution in [2.45, 2.75) is 6.42 Å². The van der Waals surface area contributed by atoms with Crippen molar-refractivity contribution in [1.82, 2.24) is 4.90 Å². The molecule has 2 amide bonds. The van der Waals surface area contributed by atoms with Gasteiger partial charge in [0.25, 0.3) is 0 Å². The molecule has 0 aliphatic heterocycles. The number of thioether (sulfide) groups is 1. The van der Waals surface area contributed by atoms with E-state index >= 15 is 0 Å². The molecule has 0 saturated carbocycles. The molecule has 0 atom stereocenters. The molecule has 0 unspecified atom stereocenters. The summed E-state index contributed by atoms with van der Waals surface area (Å²) < 4.78 is 0. The van der Waals surface area contributed by atoms with Crippen LogP contribution >= 0.6 is 11.8 Å². The lowest BCUT2D eigenvalue weighted by Gasteiger charge is -2.17. The molecule has 0 heterocycles. The van der Waals surface area contributed by atoms with Gasteiger partial charge in [-0.3, -0.25) is 14.4 Å². The minimum absolute atomic E-state index is 0.0361. The van der Waals surface area contributed by atoms with Gasteiger partial charge < -0.3 is 15.7 Å². The Morgan fingerprint density at radius 1 is 1.41 bits per heavy atom. The van der Waals surface area contributed by atoms with E-state index in [-0.39, 0.29) is 24.6 Å². The molecule has 0 aromatic heterocycles. The van der Waals surface area contributed by atoms with Gasteiger partial charge in [0.1, 0.15) is 6.54 Å². The zero-order valence-corrected chi connectivity index (χ0v) is 10.0. The predicted molar refractivity (Wildman–Crippen MR) is 64.2 cm³/mol. The molecule has 0 rings (SSSR count). The second-order valence-electron chi connectivity index (χ2n) is 3.12. The molecule has 0 aliphatic rings. The number of carboxylic acids is 1. The fraction of sp³-hybridized carbons (Fsp3) is 0.500. The molecule has 94 valence electrons. The fourth-order valence-corrected chi connectivity index (χ4v) is 1.66. The van der Waals surface area contributed by atoms with Gasteiger partial charge in [-0.25, -0.2) is 0 Å². The van der Waals surface area contributed by atoms with Gasteiger partial charge >= 0.3 is 5.97 Å². The largest absolute Gasteiger partial charge is 0.480 e. The van der Waals surface area contributed by atoms with Crippen LogP contribution in [0.1, 0.15) is 6.42 Å². The third kappa shape index (κ3) is 8.16. The number of terminal acetylenes is 1. The molecule has 0 aromatic carbocycles. The van der Waals surface area contributed by atoms with E-state index in [9.17, 15) is 14.4 Å². The topological polar surface area (TPSA) is 101 Å².